The molecule has 52 heavy (non-hydrogen) atoms. The summed E-state index contributed by atoms with van der Waals surface area (Å²) in [7, 11) is 5.88. The molecule has 0 saturated heterocycles. The molecule has 13 heteroatoms. The average molecular weight is 756 g/mol. The van der Waals surface area contributed by atoms with Crippen LogP contribution in [0.2, 0.25) is 5.02 Å². The van der Waals surface area contributed by atoms with Crippen LogP contribution in [0.1, 0.15) is 52.2 Å². The van der Waals surface area contributed by atoms with E-state index < -0.39 is 5.97 Å². The minimum atomic E-state index is -0.986. The lowest BCUT2D eigenvalue weighted by atomic mass is 9.97. The summed E-state index contributed by atoms with van der Waals surface area (Å²) in [5.41, 5.74) is 7.74. The van der Waals surface area contributed by atoms with Crippen LogP contribution in [-0.2, 0) is 62.7 Å². The third-order valence-corrected chi connectivity index (χ3v) is 12.7. The zero-order valence-electron chi connectivity index (χ0n) is 29.6. The third-order valence-electron chi connectivity index (χ3n) is 10.4. The Labute approximate surface area is 315 Å². The number of halogens is 1. The van der Waals surface area contributed by atoms with Gasteiger partial charge in [-0.25, -0.2) is 4.79 Å². The predicted molar refractivity (Wildman–Crippen MR) is 206 cm³/mol. The number of aromatic nitrogens is 5. The van der Waals surface area contributed by atoms with E-state index >= 15 is 0 Å². The van der Waals surface area contributed by atoms with Gasteiger partial charge in [0.1, 0.15) is 17.1 Å². The fourth-order valence-corrected chi connectivity index (χ4v) is 10.1. The van der Waals surface area contributed by atoms with Crippen LogP contribution in [0.4, 0.5) is 0 Å². The van der Waals surface area contributed by atoms with Crippen molar-refractivity contribution in [1.29, 1.82) is 0 Å². The second-order valence-electron chi connectivity index (χ2n) is 13.5. The number of rotatable bonds is 1. The van der Waals surface area contributed by atoms with Crippen LogP contribution in [0.3, 0.4) is 0 Å². The molecule has 1 N–H and O–H groups in total. The molecule has 0 fully saturated rings. The van der Waals surface area contributed by atoms with Gasteiger partial charge in [0.25, 0.3) is 0 Å². The largest absolute Gasteiger partial charge is 0.493 e. The van der Waals surface area contributed by atoms with Crippen molar-refractivity contribution in [2.75, 3.05) is 13.2 Å². The number of nitrogens with zero attached hydrogens (tertiary/aromatic N) is 6. The molecule has 0 radical (unpaired) electrons. The van der Waals surface area contributed by atoms with Crippen molar-refractivity contribution in [1.82, 2.24) is 23.9 Å². The van der Waals surface area contributed by atoms with Crippen molar-refractivity contribution < 1.29 is 24.1 Å². The molecule has 3 aromatic carbocycles. The van der Waals surface area contributed by atoms with Gasteiger partial charge in [-0.15, -0.1) is 28.2 Å². The van der Waals surface area contributed by atoms with Crippen molar-refractivity contribution in [2.45, 2.75) is 55.0 Å². The van der Waals surface area contributed by atoms with E-state index in [0.717, 1.165) is 77.5 Å². The Morgan fingerprint density at radius 1 is 1.00 bits per heavy atom. The first-order valence-corrected chi connectivity index (χ1v) is 19.9. The number of carboxylic acid groups (broad SMARTS) is 1. The summed E-state index contributed by atoms with van der Waals surface area (Å²) < 4.78 is 14.7. The molecule has 0 atom stereocenters. The van der Waals surface area contributed by atoms with Gasteiger partial charge in [0.05, 0.1) is 47.2 Å². The fraction of sp³-hybridized carbons (Fsp3) is 0.333. The molecular weight excluding hydrogens is 716 g/mol. The van der Waals surface area contributed by atoms with Gasteiger partial charge in [-0.05, 0) is 48.1 Å². The average Bonchev–Trinajstić information content (AvgIpc) is 3.72. The number of aromatic carboxylic acids is 1. The van der Waals surface area contributed by atoms with Crippen LogP contribution in [0.15, 0.2) is 59.5 Å². The first-order chi connectivity index (χ1) is 25.1. The molecule has 0 saturated carbocycles. The number of amides is 1. The number of ether oxygens (including phenoxy) is 1. The van der Waals surface area contributed by atoms with Crippen LogP contribution in [0.5, 0.6) is 5.75 Å². The normalized spacial score (nSPS) is 15.3. The zero-order valence-corrected chi connectivity index (χ0v) is 32.0. The number of fused-ring (bicyclic) bond motifs is 10. The van der Waals surface area contributed by atoms with Crippen LogP contribution in [0, 0.1) is 0 Å². The number of hydrogen-bond acceptors (Lipinski definition) is 6. The Balaban J connectivity index is 1.29. The van der Waals surface area contributed by atoms with Crippen LogP contribution in [-0.4, -0.2) is 54.1 Å². The monoisotopic (exact) mass is 755 g/mol. The van der Waals surface area contributed by atoms with E-state index in [-0.39, 0.29) is 11.6 Å². The Morgan fingerprint density at radius 2 is 1.83 bits per heavy atom. The molecule has 5 heterocycles. The third kappa shape index (κ3) is 6.04. The Kier molecular flexibility index (Phi) is 9.25. The van der Waals surface area contributed by atoms with Gasteiger partial charge in [-0.3, -0.25) is 9.48 Å². The molecule has 268 valence electrons. The highest BCUT2D eigenvalue weighted by atomic mass is 35.5. The second-order valence-corrected chi connectivity index (χ2v) is 15.9. The molecule has 8 rings (SSSR count). The highest BCUT2D eigenvalue weighted by Gasteiger charge is 2.36. The summed E-state index contributed by atoms with van der Waals surface area (Å²) in [6.07, 6.45) is 1.13. The van der Waals surface area contributed by atoms with Crippen molar-refractivity contribution in [2.24, 2.45) is 21.1 Å². The highest BCUT2D eigenvalue weighted by Crippen LogP contribution is 2.43. The van der Waals surface area contributed by atoms with E-state index in [4.69, 9.17) is 21.4 Å². The van der Waals surface area contributed by atoms with Gasteiger partial charge in [0, 0.05) is 66.0 Å². The first-order valence-electron chi connectivity index (χ1n) is 17.4. The molecule has 6 aromatic rings. The van der Waals surface area contributed by atoms with E-state index in [9.17, 15) is 14.7 Å². The minimum Gasteiger partial charge on any atom is -0.493 e. The van der Waals surface area contributed by atoms with Gasteiger partial charge in [-0.2, -0.15) is 9.78 Å². The number of carbonyl (C=O) groups is 2. The molecule has 10 nitrogen and oxygen atoms in total. The van der Waals surface area contributed by atoms with Gasteiger partial charge < -0.3 is 19.3 Å². The van der Waals surface area contributed by atoms with Crippen molar-refractivity contribution in [3.05, 3.63) is 93.7 Å². The highest BCUT2D eigenvalue weighted by molar-refractivity contribution is 7.98. The fourth-order valence-electron chi connectivity index (χ4n) is 7.86. The smallest absolute Gasteiger partial charge is 0.352 e. The quantitative estimate of drug-likeness (QED) is 0.179. The molecule has 2 aliphatic heterocycles. The number of benzene rings is 3. The van der Waals surface area contributed by atoms with E-state index in [1.54, 1.807) is 35.0 Å². The lowest BCUT2D eigenvalue weighted by Crippen LogP contribution is -2.48. The van der Waals surface area contributed by atoms with E-state index in [0.29, 0.717) is 55.6 Å². The number of hydrogen-bond donors (Lipinski definition) is 1. The summed E-state index contributed by atoms with van der Waals surface area (Å²) >= 11 is 10.7. The van der Waals surface area contributed by atoms with Crippen molar-refractivity contribution in [3.63, 3.8) is 0 Å². The first kappa shape index (κ1) is 34.7. The van der Waals surface area contributed by atoms with Crippen LogP contribution < -0.4 is 9.42 Å². The van der Waals surface area contributed by atoms with Crippen LogP contribution >= 0.6 is 35.1 Å². The summed E-state index contributed by atoms with van der Waals surface area (Å²) in [5, 5.41) is 19.0. The zero-order chi connectivity index (χ0) is 36.3. The lowest BCUT2D eigenvalue weighted by Gasteiger charge is -2.26. The summed E-state index contributed by atoms with van der Waals surface area (Å²) in [6.45, 7) is 3.72. The van der Waals surface area contributed by atoms with Crippen molar-refractivity contribution in [3.8, 4) is 16.9 Å². The maximum absolute atomic E-state index is 13.0. The maximum Gasteiger partial charge on any atom is 0.352 e. The molecule has 0 spiro atoms. The molecule has 8 bridgehead atoms. The standard InChI is InChI=1S/C39H39ClN6O4S2/c1-23(47)45-13-14-46-32(19-45)36-33(44(46)4)22-51-20-25-17-26(43(3)41-25)21-52-27-16-24-8-5-6-9-28(24)34(18-27)50-15-7-10-29-30-11-12-31(40)35(36)37(30)42(2)38(29)39(48)49/h5-6,8-9,11-12,16-18H,7,10,13-15,19-22H2,1-4H3/p+1. The van der Waals surface area contributed by atoms with E-state index in [1.807, 2.05) is 47.9 Å². The van der Waals surface area contributed by atoms with Gasteiger partial charge in [-0.1, -0.05) is 41.9 Å². The molecular formula is C39H40ClN6O4S2+. The minimum absolute atomic E-state index is 0.0189. The summed E-state index contributed by atoms with van der Waals surface area (Å²) in [5.74, 6) is 1.99. The second kappa shape index (κ2) is 13.9. The number of aryl methyl sites for hydroxylation is 3. The molecule has 2 aliphatic rings. The number of carboxylic acids is 1. The van der Waals surface area contributed by atoms with E-state index in [1.165, 1.54) is 0 Å². The molecule has 3 aromatic heterocycles. The Morgan fingerprint density at radius 3 is 2.63 bits per heavy atom. The Hall–Kier alpha value is -4.39. The number of thioether (sulfide) groups is 2. The predicted octanol–water partition coefficient (Wildman–Crippen LogP) is 7.12. The van der Waals surface area contributed by atoms with Gasteiger partial charge >= 0.3 is 5.97 Å². The van der Waals surface area contributed by atoms with Gasteiger partial charge in [0.2, 0.25) is 11.6 Å². The molecule has 0 unspecified atom stereocenters. The molecule has 1 amide bonds. The number of carbonyl (C=O) groups excluding carboxylic acids is 1. The van der Waals surface area contributed by atoms with Crippen molar-refractivity contribution >= 4 is 68.7 Å². The SMILES string of the molecule is CC(=O)N1CCn2c(c3c([n+]2C)CSCc2cc(n(C)n2)CSc2cc(c4ccccc4c2)OCCCc2c(C(=O)O)n(C)c4c-3c(Cl)ccc24)C1. The summed E-state index contributed by atoms with van der Waals surface area (Å²) in [4.78, 5) is 28.6. The Bertz CT molecular complexity index is 2410. The molecule has 0 aliphatic carbocycles. The topological polar surface area (TPSA) is 98.4 Å². The van der Waals surface area contributed by atoms with E-state index in [2.05, 4.69) is 46.7 Å². The van der Waals surface area contributed by atoms with Crippen LogP contribution in [0.25, 0.3) is 32.8 Å². The summed E-state index contributed by atoms with van der Waals surface area (Å²) in [6, 6.07) is 18.6. The maximum atomic E-state index is 13.0. The van der Waals surface area contributed by atoms with Gasteiger partial charge in [0.15, 0.2) is 7.05 Å². The lowest BCUT2D eigenvalue weighted by molar-refractivity contribution is -0.760.